The first kappa shape index (κ1) is 20.7. The standard InChI is InChI=1S/C21H25N3O2S2/c1-4-16-5-7-18(8-6-16)21-23-19(14-27-21)13-24(3)15(2)17-9-11-20(12-10-17)28(22,25)26/h5-12,14-15H,4,13H2,1-3H3,(H2,22,25,26). The van der Waals surface area contributed by atoms with Gasteiger partial charge in [0.2, 0.25) is 10.0 Å². The van der Waals surface area contributed by atoms with Crippen molar-refractivity contribution in [2.45, 2.75) is 37.8 Å². The maximum atomic E-state index is 11.4. The molecule has 0 saturated heterocycles. The van der Waals surface area contributed by atoms with E-state index in [0.717, 1.165) is 28.2 Å². The van der Waals surface area contributed by atoms with Crippen molar-refractivity contribution in [2.24, 2.45) is 5.14 Å². The minimum Gasteiger partial charge on any atom is -0.294 e. The molecular weight excluding hydrogens is 390 g/mol. The van der Waals surface area contributed by atoms with Gasteiger partial charge in [0, 0.05) is 23.5 Å². The molecule has 0 spiro atoms. The third-order valence-electron chi connectivity index (χ3n) is 4.92. The minimum atomic E-state index is -3.66. The molecule has 0 amide bonds. The van der Waals surface area contributed by atoms with E-state index in [1.165, 1.54) is 5.56 Å². The summed E-state index contributed by atoms with van der Waals surface area (Å²) in [7, 11) is -1.63. The van der Waals surface area contributed by atoms with E-state index in [-0.39, 0.29) is 10.9 Å². The number of primary sulfonamides is 1. The number of thiazole rings is 1. The Morgan fingerprint density at radius 2 is 1.75 bits per heavy atom. The van der Waals surface area contributed by atoms with E-state index in [9.17, 15) is 8.42 Å². The maximum absolute atomic E-state index is 11.4. The van der Waals surface area contributed by atoms with Crippen LogP contribution in [0.15, 0.2) is 58.8 Å². The normalized spacial score (nSPS) is 13.0. The monoisotopic (exact) mass is 415 g/mol. The molecule has 1 atom stereocenters. The van der Waals surface area contributed by atoms with Crippen molar-refractivity contribution < 1.29 is 8.42 Å². The SMILES string of the molecule is CCc1ccc(-c2nc(CN(C)C(C)c3ccc(S(N)(=O)=O)cc3)cs2)cc1. The number of hydrogen-bond acceptors (Lipinski definition) is 5. The summed E-state index contributed by atoms with van der Waals surface area (Å²) in [5.41, 5.74) is 4.51. The van der Waals surface area contributed by atoms with Gasteiger partial charge in [-0.05, 0) is 43.7 Å². The Morgan fingerprint density at radius 1 is 1.11 bits per heavy atom. The van der Waals surface area contributed by atoms with Gasteiger partial charge in [-0.25, -0.2) is 18.5 Å². The van der Waals surface area contributed by atoms with Gasteiger partial charge >= 0.3 is 0 Å². The van der Waals surface area contributed by atoms with Crippen molar-refractivity contribution in [1.29, 1.82) is 0 Å². The summed E-state index contributed by atoms with van der Waals surface area (Å²) >= 11 is 1.65. The topological polar surface area (TPSA) is 76.3 Å². The van der Waals surface area contributed by atoms with Crippen LogP contribution in [0.5, 0.6) is 0 Å². The van der Waals surface area contributed by atoms with Crippen molar-refractivity contribution in [3.63, 3.8) is 0 Å². The van der Waals surface area contributed by atoms with Gasteiger partial charge in [0.1, 0.15) is 5.01 Å². The second-order valence-corrected chi connectivity index (χ2v) is 9.32. The second kappa shape index (κ2) is 8.53. The van der Waals surface area contributed by atoms with Crippen molar-refractivity contribution in [3.05, 3.63) is 70.7 Å². The first-order valence-electron chi connectivity index (χ1n) is 9.14. The van der Waals surface area contributed by atoms with Crippen molar-refractivity contribution >= 4 is 21.4 Å². The van der Waals surface area contributed by atoms with E-state index >= 15 is 0 Å². The number of nitrogens with zero attached hydrogens (tertiary/aromatic N) is 2. The highest BCUT2D eigenvalue weighted by molar-refractivity contribution is 7.89. The highest BCUT2D eigenvalue weighted by Crippen LogP contribution is 2.27. The van der Waals surface area contributed by atoms with Gasteiger partial charge in [0.15, 0.2) is 0 Å². The first-order chi connectivity index (χ1) is 13.3. The zero-order chi connectivity index (χ0) is 20.3. The van der Waals surface area contributed by atoms with Crippen LogP contribution in [-0.2, 0) is 23.0 Å². The zero-order valence-electron chi connectivity index (χ0n) is 16.3. The largest absolute Gasteiger partial charge is 0.294 e. The first-order valence-corrected chi connectivity index (χ1v) is 11.6. The van der Waals surface area contributed by atoms with Gasteiger partial charge in [0.05, 0.1) is 10.6 Å². The highest BCUT2D eigenvalue weighted by Gasteiger charge is 2.15. The lowest BCUT2D eigenvalue weighted by Crippen LogP contribution is -2.22. The lowest BCUT2D eigenvalue weighted by molar-refractivity contribution is 0.250. The molecule has 3 aromatic rings. The van der Waals surface area contributed by atoms with E-state index in [4.69, 9.17) is 10.1 Å². The van der Waals surface area contributed by atoms with Crippen LogP contribution < -0.4 is 5.14 Å². The molecule has 0 fully saturated rings. The van der Waals surface area contributed by atoms with Gasteiger partial charge in [-0.2, -0.15) is 0 Å². The smallest absolute Gasteiger partial charge is 0.238 e. The Kier molecular flexibility index (Phi) is 6.30. The summed E-state index contributed by atoms with van der Waals surface area (Å²) in [6.07, 6.45) is 1.03. The van der Waals surface area contributed by atoms with Gasteiger partial charge < -0.3 is 0 Å². The van der Waals surface area contributed by atoms with Crippen LogP contribution in [0.1, 0.15) is 36.7 Å². The number of aromatic nitrogens is 1. The molecule has 5 nitrogen and oxygen atoms in total. The summed E-state index contributed by atoms with van der Waals surface area (Å²) in [6, 6.07) is 15.4. The highest BCUT2D eigenvalue weighted by atomic mass is 32.2. The third kappa shape index (κ3) is 4.86. The van der Waals surface area contributed by atoms with E-state index < -0.39 is 10.0 Å². The molecule has 148 valence electrons. The van der Waals surface area contributed by atoms with Crippen molar-refractivity contribution in [1.82, 2.24) is 9.88 Å². The Balaban J connectivity index is 1.68. The molecule has 1 unspecified atom stereocenters. The fourth-order valence-electron chi connectivity index (χ4n) is 2.98. The lowest BCUT2D eigenvalue weighted by Gasteiger charge is -2.24. The molecule has 3 rings (SSSR count). The fraction of sp³-hybridized carbons (Fsp3) is 0.286. The lowest BCUT2D eigenvalue weighted by atomic mass is 10.1. The Morgan fingerprint density at radius 3 is 2.32 bits per heavy atom. The summed E-state index contributed by atoms with van der Waals surface area (Å²) in [5.74, 6) is 0. The van der Waals surface area contributed by atoms with Crippen molar-refractivity contribution in [2.75, 3.05) is 7.05 Å². The number of benzene rings is 2. The number of rotatable bonds is 7. The molecule has 0 aliphatic rings. The summed E-state index contributed by atoms with van der Waals surface area (Å²) in [6.45, 7) is 4.94. The van der Waals surface area contributed by atoms with Crippen LogP contribution in [0, 0.1) is 0 Å². The number of aryl methyl sites for hydroxylation is 1. The second-order valence-electron chi connectivity index (χ2n) is 6.90. The number of hydrogen-bond donors (Lipinski definition) is 1. The fourth-order valence-corrected chi connectivity index (χ4v) is 4.31. The molecule has 0 radical (unpaired) electrons. The average Bonchev–Trinajstić information content (AvgIpc) is 3.15. The van der Waals surface area contributed by atoms with E-state index in [2.05, 4.69) is 48.4 Å². The molecule has 0 aliphatic heterocycles. The van der Waals surface area contributed by atoms with Gasteiger partial charge in [-0.3, -0.25) is 4.90 Å². The van der Waals surface area contributed by atoms with Crippen LogP contribution in [-0.4, -0.2) is 25.3 Å². The Labute approximate surface area is 170 Å². The maximum Gasteiger partial charge on any atom is 0.238 e. The molecule has 2 aromatic carbocycles. The summed E-state index contributed by atoms with van der Waals surface area (Å²) in [5, 5.41) is 8.28. The molecule has 0 saturated carbocycles. The van der Waals surface area contributed by atoms with E-state index in [1.807, 2.05) is 19.2 Å². The van der Waals surface area contributed by atoms with Gasteiger partial charge in [-0.1, -0.05) is 43.3 Å². The quantitative estimate of drug-likeness (QED) is 0.627. The van der Waals surface area contributed by atoms with Crippen LogP contribution >= 0.6 is 11.3 Å². The van der Waals surface area contributed by atoms with Gasteiger partial charge in [-0.15, -0.1) is 11.3 Å². The molecule has 7 heteroatoms. The summed E-state index contributed by atoms with van der Waals surface area (Å²) < 4.78 is 22.8. The Bertz CT molecular complexity index is 1030. The van der Waals surface area contributed by atoms with Crippen LogP contribution in [0.4, 0.5) is 0 Å². The molecule has 28 heavy (non-hydrogen) atoms. The molecule has 0 bridgehead atoms. The van der Waals surface area contributed by atoms with Gasteiger partial charge in [0.25, 0.3) is 0 Å². The van der Waals surface area contributed by atoms with E-state index in [1.54, 1.807) is 23.5 Å². The zero-order valence-corrected chi connectivity index (χ0v) is 17.9. The van der Waals surface area contributed by atoms with E-state index in [0.29, 0.717) is 6.54 Å². The Hall–Kier alpha value is -2.06. The molecule has 1 aromatic heterocycles. The van der Waals surface area contributed by atoms with Crippen LogP contribution in [0.3, 0.4) is 0 Å². The molecule has 2 N–H and O–H groups in total. The van der Waals surface area contributed by atoms with Crippen molar-refractivity contribution in [3.8, 4) is 10.6 Å². The minimum absolute atomic E-state index is 0.114. The molecule has 0 aliphatic carbocycles. The number of sulfonamides is 1. The third-order valence-corrected chi connectivity index (χ3v) is 6.79. The van der Waals surface area contributed by atoms with Crippen LogP contribution in [0.25, 0.3) is 10.6 Å². The predicted octanol–water partition coefficient (Wildman–Crippen LogP) is 4.21. The molecular formula is C21H25N3O2S2. The van der Waals surface area contributed by atoms with Crippen LogP contribution in [0.2, 0.25) is 0 Å². The average molecular weight is 416 g/mol. The predicted molar refractivity (Wildman–Crippen MR) is 115 cm³/mol. The summed E-state index contributed by atoms with van der Waals surface area (Å²) in [4.78, 5) is 7.09. The molecule has 1 heterocycles. The number of nitrogens with two attached hydrogens (primary N) is 1.